The lowest BCUT2D eigenvalue weighted by Crippen LogP contribution is -2.17. The van der Waals surface area contributed by atoms with Crippen LogP contribution < -0.4 is 4.74 Å². The van der Waals surface area contributed by atoms with Gasteiger partial charge in [0.2, 0.25) is 0 Å². The third kappa shape index (κ3) is 3.06. The molecule has 0 heterocycles. The van der Waals surface area contributed by atoms with Crippen LogP contribution in [0.1, 0.15) is 25.3 Å². The second kappa shape index (κ2) is 5.31. The number of carbonyl (C=O) groups excluding carboxylic acids is 1. The maximum absolute atomic E-state index is 11.2. The molecule has 0 fully saturated rings. The zero-order valence-corrected chi connectivity index (χ0v) is 10.7. The van der Waals surface area contributed by atoms with E-state index >= 15 is 0 Å². The van der Waals surface area contributed by atoms with Crippen LogP contribution in [-0.4, -0.2) is 17.7 Å². The Hall–Kier alpha value is -0.830. The number of rotatable bonds is 4. The third-order valence-electron chi connectivity index (χ3n) is 2.47. The first kappa shape index (κ1) is 12.2. The van der Waals surface area contributed by atoms with E-state index in [1.165, 1.54) is 0 Å². The van der Waals surface area contributed by atoms with E-state index in [1.807, 2.05) is 31.2 Å². The first-order chi connectivity index (χ1) is 7.06. The van der Waals surface area contributed by atoms with Gasteiger partial charge >= 0.3 is 0 Å². The first-order valence-electron chi connectivity index (χ1n) is 4.84. The predicted octanol–water partition coefficient (Wildman–Crippen LogP) is 3.15. The van der Waals surface area contributed by atoms with Crippen LogP contribution in [0.2, 0.25) is 0 Å². The van der Waals surface area contributed by atoms with Crippen molar-refractivity contribution >= 4 is 21.7 Å². The number of Topliss-reactive ketones (excluding diaryl/α,β-unsaturated/α-hetero) is 1. The number of hydrogen-bond donors (Lipinski definition) is 0. The first-order valence-corrected chi connectivity index (χ1v) is 5.76. The summed E-state index contributed by atoms with van der Waals surface area (Å²) in [5, 5.41) is 0. The van der Waals surface area contributed by atoms with Gasteiger partial charge in [0.05, 0.1) is 11.9 Å². The van der Waals surface area contributed by atoms with E-state index in [0.717, 1.165) is 11.3 Å². The highest BCUT2D eigenvalue weighted by atomic mass is 79.9. The van der Waals surface area contributed by atoms with E-state index in [4.69, 9.17) is 4.74 Å². The molecule has 15 heavy (non-hydrogen) atoms. The summed E-state index contributed by atoms with van der Waals surface area (Å²) in [7, 11) is 1.64. The maximum Gasteiger partial charge on any atom is 0.144 e. The summed E-state index contributed by atoms with van der Waals surface area (Å²) in [4.78, 5) is 11.1. The van der Waals surface area contributed by atoms with Gasteiger partial charge < -0.3 is 4.74 Å². The third-order valence-corrected chi connectivity index (χ3v) is 3.91. The van der Waals surface area contributed by atoms with Gasteiger partial charge in [-0.25, -0.2) is 0 Å². The van der Waals surface area contributed by atoms with Crippen LogP contribution in [0.15, 0.2) is 24.3 Å². The van der Waals surface area contributed by atoms with Crippen LogP contribution in [0, 0.1) is 0 Å². The molecule has 2 nitrogen and oxygen atoms in total. The minimum atomic E-state index is -0.120. The second-order valence-corrected chi connectivity index (χ2v) is 4.56. The number of benzene rings is 1. The smallest absolute Gasteiger partial charge is 0.144 e. The Balaban J connectivity index is 2.82. The molecule has 82 valence electrons. The molecule has 2 unspecified atom stereocenters. The average molecular weight is 271 g/mol. The molecular formula is C12H15BrO2. The minimum Gasteiger partial charge on any atom is -0.497 e. The molecule has 3 heteroatoms. The van der Waals surface area contributed by atoms with Crippen LogP contribution in [0.4, 0.5) is 0 Å². The topological polar surface area (TPSA) is 26.3 Å². The van der Waals surface area contributed by atoms with Crippen molar-refractivity contribution in [3.05, 3.63) is 29.8 Å². The fraction of sp³-hybridized carbons (Fsp3) is 0.417. The molecule has 0 radical (unpaired) electrons. The molecule has 1 aromatic carbocycles. The summed E-state index contributed by atoms with van der Waals surface area (Å²) in [6, 6.07) is 7.79. The lowest BCUT2D eigenvalue weighted by Gasteiger charge is -2.16. The summed E-state index contributed by atoms with van der Waals surface area (Å²) >= 11 is 3.40. The maximum atomic E-state index is 11.2. The average Bonchev–Trinajstić information content (AvgIpc) is 2.27. The van der Waals surface area contributed by atoms with Crippen LogP contribution in [-0.2, 0) is 4.79 Å². The van der Waals surface area contributed by atoms with E-state index in [2.05, 4.69) is 15.9 Å². The highest BCUT2D eigenvalue weighted by Crippen LogP contribution is 2.26. The summed E-state index contributed by atoms with van der Waals surface area (Å²) in [6.45, 7) is 3.63. The quantitative estimate of drug-likeness (QED) is 0.786. The van der Waals surface area contributed by atoms with Crippen molar-refractivity contribution in [3.63, 3.8) is 0 Å². The number of alkyl halides is 1. The number of methoxy groups -OCH3 is 1. The van der Waals surface area contributed by atoms with E-state index < -0.39 is 0 Å². The van der Waals surface area contributed by atoms with Gasteiger partial charge in [0, 0.05) is 5.92 Å². The Morgan fingerprint density at radius 2 is 1.87 bits per heavy atom. The molecule has 0 saturated heterocycles. The molecule has 2 atom stereocenters. The minimum absolute atomic E-state index is 0.120. The largest absolute Gasteiger partial charge is 0.497 e. The van der Waals surface area contributed by atoms with Crippen molar-refractivity contribution in [2.75, 3.05) is 7.11 Å². The van der Waals surface area contributed by atoms with Crippen LogP contribution in [0.5, 0.6) is 5.75 Å². The van der Waals surface area contributed by atoms with E-state index in [-0.39, 0.29) is 16.5 Å². The van der Waals surface area contributed by atoms with Gasteiger partial charge in [0.1, 0.15) is 11.5 Å². The predicted molar refractivity (Wildman–Crippen MR) is 64.8 cm³/mol. The van der Waals surface area contributed by atoms with E-state index in [9.17, 15) is 4.79 Å². The lowest BCUT2D eigenvalue weighted by atomic mass is 9.96. The molecule has 0 amide bonds. The molecule has 0 bridgehead atoms. The van der Waals surface area contributed by atoms with Crippen LogP contribution >= 0.6 is 15.9 Å². The van der Waals surface area contributed by atoms with Gasteiger partial charge in [-0.15, -0.1) is 0 Å². The Morgan fingerprint density at radius 1 is 1.33 bits per heavy atom. The number of carbonyl (C=O) groups is 1. The molecule has 0 aromatic heterocycles. The zero-order chi connectivity index (χ0) is 11.4. The van der Waals surface area contributed by atoms with Crippen molar-refractivity contribution in [2.45, 2.75) is 24.6 Å². The standard InChI is InChI=1S/C12H15BrO2/c1-8(12(13)9(2)14)10-4-6-11(15-3)7-5-10/h4-8,12H,1-3H3. The van der Waals surface area contributed by atoms with Crippen molar-refractivity contribution in [3.8, 4) is 5.75 Å². The molecule has 0 aliphatic heterocycles. The molecule has 0 aliphatic rings. The molecule has 1 rings (SSSR count). The Kier molecular flexibility index (Phi) is 4.33. The van der Waals surface area contributed by atoms with E-state index in [1.54, 1.807) is 14.0 Å². The molecular weight excluding hydrogens is 256 g/mol. The zero-order valence-electron chi connectivity index (χ0n) is 9.16. The van der Waals surface area contributed by atoms with Crippen LogP contribution in [0.3, 0.4) is 0 Å². The van der Waals surface area contributed by atoms with Crippen molar-refractivity contribution < 1.29 is 9.53 Å². The van der Waals surface area contributed by atoms with Gasteiger partial charge in [-0.1, -0.05) is 35.0 Å². The van der Waals surface area contributed by atoms with Gasteiger partial charge in [-0.3, -0.25) is 4.79 Å². The van der Waals surface area contributed by atoms with Gasteiger partial charge in [0.25, 0.3) is 0 Å². The summed E-state index contributed by atoms with van der Waals surface area (Å²) in [5.41, 5.74) is 1.13. The molecule has 0 N–H and O–H groups in total. The number of halogens is 1. The summed E-state index contributed by atoms with van der Waals surface area (Å²) in [5.74, 6) is 1.16. The van der Waals surface area contributed by atoms with Gasteiger partial charge in [-0.05, 0) is 24.6 Å². The van der Waals surface area contributed by atoms with Crippen LogP contribution in [0.25, 0.3) is 0 Å². The van der Waals surface area contributed by atoms with Crippen molar-refractivity contribution in [1.82, 2.24) is 0 Å². The fourth-order valence-corrected chi connectivity index (χ4v) is 1.73. The molecule has 1 aromatic rings. The highest BCUT2D eigenvalue weighted by molar-refractivity contribution is 9.10. The Morgan fingerprint density at radius 3 is 2.27 bits per heavy atom. The lowest BCUT2D eigenvalue weighted by molar-refractivity contribution is -0.116. The molecule has 0 aliphatic carbocycles. The normalized spacial score (nSPS) is 14.4. The Labute approximate surface area is 98.8 Å². The molecule has 0 saturated carbocycles. The highest BCUT2D eigenvalue weighted by Gasteiger charge is 2.19. The fourth-order valence-electron chi connectivity index (χ4n) is 1.43. The van der Waals surface area contributed by atoms with Gasteiger partial charge in [0.15, 0.2) is 0 Å². The van der Waals surface area contributed by atoms with Gasteiger partial charge in [-0.2, -0.15) is 0 Å². The summed E-state index contributed by atoms with van der Waals surface area (Å²) < 4.78 is 5.08. The summed E-state index contributed by atoms with van der Waals surface area (Å²) in [6.07, 6.45) is 0. The Bertz CT molecular complexity index is 332. The van der Waals surface area contributed by atoms with E-state index in [0.29, 0.717) is 0 Å². The number of ether oxygens (including phenoxy) is 1. The SMILES string of the molecule is COc1ccc(C(C)C(Br)C(C)=O)cc1. The number of ketones is 1. The molecule has 0 spiro atoms. The van der Waals surface area contributed by atoms with Crippen molar-refractivity contribution in [2.24, 2.45) is 0 Å². The van der Waals surface area contributed by atoms with Crippen molar-refractivity contribution in [1.29, 1.82) is 0 Å². The number of hydrogen-bond acceptors (Lipinski definition) is 2. The second-order valence-electron chi connectivity index (χ2n) is 3.57. The monoisotopic (exact) mass is 270 g/mol.